The first kappa shape index (κ1) is 23.8. The quantitative estimate of drug-likeness (QED) is 0.270. The number of nitrogens with one attached hydrogen (secondary N) is 2. The molecule has 35 heavy (non-hydrogen) atoms. The second kappa shape index (κ2) is 10.7. The number of carbonyl (C=O) groups excluding carboxylic acids is 2. The molecule has 0 aliphatic heterocycles. The Labute approximate surface area is 208 Å². The number of fused-ring (bicyclic) bond motifs is 1. The lowest BCUT2D eigenvalue weighted by molar-refractivity contribution is 0.0976. The number of carbonyl (C=O) groups is 2. The molecule has 0 aliphatic rings. The summed E-state index contributed by atoms with van der Waals surface area (Å²) >= 11 is 5.36. The standard InChI is InChI=1S/C28H23N3O3S/c1-18(32)20-12-14-26-24(15-20)25(17-22(29-26)13-11-19-7-4-3-5-8-19)27(33)31-28(35)30-21-9-6-10-23(16-21)34-2/h3-17H,1-2H3,(H2,30,31,33,35)/b13-11+. The van der Waals surface area contributed by atoms with E-state index in [0.29, 0.717) is 39.2 Å². The van der Waals surface area contributed by atoms with Crippen molar-refractivity contribution in [3.63, 3.8) is 0 Å². The highest BCUT2D eigenvalue weighted by Crippen LogP contribution is 2.22. The number of nitrogens with zero attached hydrogens (tertiary/aromatic N) is 1. The molecule has 0 aliphatic carbocycles. The normalized spacial score (nSPS) is 10.8. The Morgan fingerprint density at radius 3 is 2.49 bits per heavy atom. The zero-order valence-electron chi connectivity index (χ0n) is 19.2. The van der Waals surface area contributed by atoms with Gasteiger partial charge in [0.1, 0.15) is 5.75 Å². The van der Waals surface area contributed by atoms with E-state index in [9.17, 15) is 9.59 Å². The van der Waals surface area contributed by atoms with Gasteiger partial charge in [-0.15, -0.1) is 0 Å². The van der Waals surface area contributed by atoms with Crippen LogP contribution in [0, 0.1) is 0 Å². The lowest BCUT2D eigenvalue weighted by atomic mass is 10.0. The Balaban J connectivity index is 1.66. The summed E-state index contributed by atoms with van der Waals surface area (Å²) in [6.45, 7) is 1.48. The smallest absolute Gasteiger partial charge is 0.258 e. The van der Waals surface area contributed by atoms with Crippen LogP contribution in [0.2, 0.25) is 0 Å². The Hall–Kier alpha value is -4.36. The van der Waals surface area contributed by atoms with Crippen molar-refractivity contribution >= 4 is 57.8 Å². The fraction of sp³-hybridized carbons (Fsp3) is 0.0714. The molecule has 1 heterocycles. The number of hydrogen-bond donors (Lipinski definition) is 2. The van der Waals surface area contributed by atoms with Crippen molar-refractivity contribution in [3.8, 4) is 5.75 Å². The van der Waals surface area contributed by atoms with Crippen LogP contribution >= 0.6 is 12.2 Å². The fourth-order valence-electron chi connectivity index (χ4n) is 3.52. The number of amides is 1. The molecule has 0 bridgehead atoms. The van der Waals surface area contributed by atoms with Gasteiger partial charge in [0.25, 0.3) is 5.91 Å². The Kier molecular flexibility index (Phi) is 7.28. The number of thiocarbonyl (C=S) groups is 1. The minimum absolute atomic E-state index is 0.0958. The molecule has 4 aromatic rings. The van der Waals surface area contributed by atoms with Crippen molar-refractivity contribution < 1.29 is 14.3 Å². The Bertz CT molecular complexity index is 1450. The largest absolute Gasteiger partial charge is 0.497 e. The fourth-order valence-corrected chi connectivity index (χ4v) is 3.73. The van der Waals surface area contributed by atoms with E-state index in [1.165, 1.54) is 6.92 Å². The number of anilines is 1. The van der Waals surface area contributed by atoms with E-state index < -0.39 is 5.91 Å². The number of methoxy groups -OCH3 is 1. The molecule has 0 atom stereocenters. The summed E-state index contributed by atoms with van der Waals surface area (Å²) in [4.78, 5) is 29.9. The lowest BCUT2D eigenvalue weighted by Crippen LogP contribution is -2.34. The van der Waals surface area contributed by atoms with Crippen molar-refractivity contribution in [1.82, 2.24) is 10.3 Å². The third-order valence-corrected chi connectivity index (χ3v) is 5.48. The van der Waals surface area contributed by atoms with Gasteiger partial charge in [0.2, 0.25) is 0 Å². The van der Waals surface area contributed by atoms with Gasteiger partial charge in [0.05, 0.1) is 23.9 Å². The van der Waals surface area contributed by atoms with Gasteiger partial charge in [-0.2, -0.15) is 0 Å². The molecule has 174 valence electrons. The van der Waals surface area contributed by atoms with Crippen molar-refractivity contribution in [1.29, 1.82) is 0 Å². The Morgan fingerprint density at radius 2 is 1.74 bits per heavy atom. The molecule has 7 heteroatoms. The number of ketones is 1. The summed E-state index contributed by atoms with van der Waals surface area (Å²) < 4.78 is 5.22. The number of Topliss-reactive ketones (excluding diaryl/α,β-unsaturated/α-hetero) is 1. The highest BCUT2D eigenvalue weighted by Gasteiger charge is 2.15. The van der Waals surface area contributed by atoms with Gasteiger partial charge in [-0.25, -0.2) is 4.98 Å². The molecule has 0 spiro atoms. The third kappa shape index (κ3) is 5.96. The summed E-state index contributed by atoms with van der Waals surface area (Å²) in [6, 6.07) is 23.8. The van der Waals surface area contributed by atoms with Crippen LogP contribution in [0.5, 0.6) is 5.75 Å². The molecule has 4 rings (SSSR count). The zero-order chi connectivity index (χ0) is 24.8. The van der Waals surface area contributed by atoms with Crippen LogP contribution in [0.15, 0.2) is 78.9 Å². The first-order valence-electron chi connectivity index (χ1n) is 10.9. The summed E-state index contributed by atoms with van der Waals surface area (Å²) in [5.74, 6) is 0.158. The summed E-state index contributed by atoms with van der Waals surface area (Å²) in [6.07, 6.45) is 3.77. The molecule has 0 saturated heterocycles. The van der Waals surface area contributed by atoms with E-state index in [1.807, 2.05) is 60.7 Å². The highest BCUT2D eigenvalue weighted by molar-refractivity contribution is 7.80. The molecule has 6 nitrogen and oxygen atoms in total. The van der Waals surface area contributed by atoms with Crippen molar-refractivity contribution in [2.75, 3.05) is 12.4 Å². The molecule has 2 N–H and O–H groups in total. The molecule has 0 unspecified atom stereocenters. The van der Waals surface area contributed by atoms with Crippen LogP contribution in [0.1, 0.15) is 38.9 Å². The van der Waals surface area contributed by atoms with E-state index >= 15 is 0 Å². The maximum absolute atomic E-state index is 13.3. The molecule has 0 saturated carbocycles. The van der Waals surface area contributed by atoms with Crippen LogP contribution in [0.3, 0.4) is 0 Å². The third-order valence-electron chi connectivity index (χ3n) is 5.28. The Morgan fingerprint density at radius 1 is 0.943 bits per heavy atom. The van der Waals surface area contributed by atoms with E-state index in [2.05, 4.69) is 15.6 Å². The number of rotatable bonds is 6. The minimum atomic E-state index is -0.409. The van der Waals surface area contributed by atoms with Crippen molar-refractivity contribution in [2.45, 2.75) is 6.92 Å². The number of aromatic nitrogens is 1. The molecule has 3 aromatic carbocycles. The van der Waals surface area contributed by atoms with E-state index in [1.54, 1.807) is 37.4 Å². The number of benzene rings is 3. The van der Waals surface area contributed by atoms with Gasteiger partial charge in [-0.1, -0.05) is 42.5 Å². The van der Waals surface area contributed by atoms with Crippen LogP contribution < -0.4 is 15.4 Å². The predicted molar refractivity (Wildman–Crippen MR) is 144 cm³/mol. The van der Waals surface area contributed by atoms with Crippen LogP contribution in [-0.2, 0) is 0 Å². The zero-order valence-corrected chi connectivity index (χ0v) is 20.1. The van der Waals surface area contributed by atoms with E-state index in [0.717, 1.165) is 5.56 Å². The number of hydrogen-bond acceptors (Lipinski definition) is 5. The predicted octanol–water partition coefficient (Wildman–Crippen LogP) is 5.74. The van der Waals surface area contributed by atoms with E-state index in [4.69, 9.17) is 17.0 Å². The summed E-state index contributed by atoms with van der Waals surface area (Å²) in [5, 5.41) is 6.42. The van der Waals surface area contributed by atoms with Crippen LogP contribution in [0.4, 0.5) is 5.69 Å². The molecular formula is C28H23N3O3S. The number of ether oxygens (including phenoxy) is 1. The van der Waals surface area contributed by atoms with Gasteiger partial charge >= 0.3 is 0 Å². The van der Waals surface area contributed by atoms with Gasteiger partial charge in [0, 0.05) is 22.7 Å². The molecule has 1 aromatic heterocycles. The topological polar surface area (TPSA) is 80.3 Å². The molecular weight excluding hydrogens is 458 g/mol. The van der Waals surface area contributed by atoms with Crippen LogP contribution in [0.25, 0.3) is 23.1 Å². The number of pyridine rings is 1. The van der Waals surface area contributed by atoms with Gasteiger partial charge < -0.3 is 10.1 Å². The van der Waals surface area contributed by atoms with Crippen molar-refractivity contribution in [3.05, 3.63) is 101 Å². The van der Waals surface area contributed by atoms with Gasteiger partial charge in [0.15, 0.2) is 10.9 Å². The lowest BCUT2D eigenvalue weighted by Gasteiger charge is -2.13. The second-order valence-electron chi connectivity index (χ2n) is 7.77. The molecule has 0 radical (unpaired) electrons. The highest BCUT2D eigenvalue weighted by atomic mass is 32.1. The first-order valence-corrected chi connectivity index (χ1v) is 11.3. The maximum Gasteiger partial charge on any atom is 0.258 e. The molecule has 0 fully saturated rings. The maximum atomic E-state index is 13.3. The monoisotopic (exact) mass is 481 g/mol. The average molecular weight is 482 g/mol. The second-order valence-corrected chi connectivity index (χ2v) is 8.18. The van der Waals surface area contributed by atoms with Gasteiger partial charge in [-0.05, 0) is 67.2 Å². The average Bonchev–Trinajstić information content (AvgIpc) is 2.87. The summed E-state index contributed by atoms with van der Waals surface area (Å²) in [5.41, 5.74) is 3.75. The minimum Gasteiger partial charge on any atom is -0.497 e. The first-order chi connectivity index (χ1) is 16.9. The molecule has 1 amide bonds. The SMILES string of the molecule is COc1cccc(NC(=S)NC(=O)c2cc(/C=C/c3ccccc3)nc3ccc(C(C)=O)cc23)c1. The summed E-state index contributed by atoms with van der Waals surface area (Å²) in [7, 11) is 1.58. The van der Waals surface area contributed by atoms with Crippen molar-refractivity contribution in [2.24, 2.45) is 0 Å². The van der Waals surface area contributed by atoms with Crippen LogP contribution in [-0.4, -0.2) is 28.9 Å². The van der Waals surface area contributed by atoms with Gasteiger partial charge in [-0.3, -0.25) is 14.9 Å². The van der Waals surface area contributed by atoms with E-state index in [-0.39, 0.29) is 10.9 Å².